The van der Waals surface area contributed by atoms with Crippen molar-refractivity contribution < 1.29 is 23.4 Å². The summed E-state index contributed by atoms with van der Waals surface area (Å²) in [6.45, 7) is 28.6. The lowest BCUT2D eigenvalue weighted by Gasteiger charge is -2.32. The Morgan fingerprint density at radius 2 is 1.25 bits per heavy atom. The number of nitrogens with zero attached hydrogens (tertiary/aromatic N) is 5. The highest BCUT2D eigenvalue weighted by Crippen LogP contribution is 2.40. The molecule has 1 aliphatic carbocycles. The number of fused-ring (bicyclic) bond motifs is 2. The van der Waals surface area contributed by atoms with E-state index in [1.807, 2.05) is 20.2 Å². The molecule has 5 heterocycles. The maximum atomic E-state index is 6.17. The molecule has 0 radical (unpaired) electrons. The molecule has 4 aliphatic rings. The number of ether oxygens (including phenoxy) is 1. The summed E-state index contributed by atoms with van der Waals surface area (Å²) in [6.07, 6.45) is 5.57. The van der Waals surface area contributed by atoms with Crippen LogP contribution in [0.5, 0.6) is 0 Å². The molecule has 3 aliphatic heterocycles. The number of aryl methyl sites for hydroxylation is 2. The maximum Gasteiger partial charge on any atom is 0.494 e. The van der Waals surface area contributed by atoms with E-state index in [0.29, 0.717) is 6.04 Å². The van der Waals surface area contributed by atoms with Gasteiger partial charge in [-0.25, -0.2) is 9.97 Å². The quantitative estimate of drug-likeness (QED) is 0.216. The van der Waals surface area contributed by atoms with Crippen LogP contribution in [0.2, 0.25) is 0 Å². The molecule has 0 spiro atoms. The smallest absolute Gasteiger partial charge is 0.399 e. The molecule has 0 N–H and O–H groups in total. The average Bonchev–Trinajstić information content (AvgIpc) is 3.60. The minimum absolute atomic E-state index is 0.306. The topological polar surface area (TPSA) is 85.0 Å². The van der Waals surface area contributed by atoms with Gasteiger partial charge in [0.05, 0.1) is 64.0 Å². The fourth-order valence-corrected chi connectivity index (χ4v) is 6.82. The lowest BCUT2D eigenvalue weighted by molar-refractivity contribution is 0.00578. The Balaban J connectivity index is 0.000000171. The van der Waals surface area contributed by atoms with Gasteiger partial charge in [-0.05, 0) is 117 Å². The predicted molar refractivity (Wildman–Crippen MR) is 207 cm³/mol. The molecule has 2 aromatic carbocycles. The van der Waals surface area contributed by atoms with Gasteiger partial charge in [0.2, 0.25) is 0 Å². The van der Waals surface area contributed by atoms with E-state index in [9.17, 15) is 0 Å². The average molecular weight is 700 g/mol. The molecule has 12 heteroatoms. The van der Waals surface area contributed by atoms with Crippen LogP contribution in [0.3, 0.4) is 0 Å². The normalized spacial score (nSPS) is 22.2. The zero-order chi connectivity index (χ0) is 36.8. The molecule has 51 heavy (non-hydrogen) atoms. The van der Waals surface area contributed by atoms with Crippen LogP contribution in [0.4, 0.5) is 0 Å². The zero-order valence-corrected chi connectivity index (χ0v) is 32.9. The summed E-state index contributed by atoms with van der Waals surface area (Å²) in [6, 6.07) is 13.3. The lowest BCUT2D eigenvalue weighted by Crippen LogP contribution is -2.41. The Kier molecular flexibility index (Phi) is 10.9. The lowest BCUT2D eigenvalue weighted by atomic mass is 9.79. The van der Waals surface area contributed by atoms with Crippen molar-refractivity contribution >= 4 is 47.2 Å². The highest BCUT2D eigenvalue weighted by atomic mass is 16.7. The van der Waals surface area contributed by atoms with E-state index in [1.54, 1.807) is 0 Å². The van der Waals surface area contributed by atoms with Crippen LogP contribution in [0.25, 0.3) is 22.1 Å². The standard InChI is InChI=1S/C20H30BN3O3.C17H23BN2O2.C2H6/c1-19(2)20(3,4)27-21(26-19)16-6-7-18-17(14-16)22-15-24(18)9-5-8-23-10-12-25-13-11-23;1-11-19-14-9-6-12(10-15(14)20(11)13-7-8-13)18-21-16(2,3)17(4,5)22-18;1-2/h6-7,14-15H,5,8-13H2,1-4H3;6,9-10,13H,7-8H2,1-5H3;1-2H3. The van der Waals surface area contributed by atoms with Crippen molar-refractivity contribution in [3.05, 3.63) is 48.5 Å². The van der Waals surface area contributed by atoms with Crippen molar-refractivity contribution in [2.75, 3.05) is 32.8 Å². The molecule has 1 saturated carbocycles. The second kappa shape index (κ2) is 14.6. The van der Waals surface area contributed by atoms with Gasteiger partial charge in [0, 0.05) is 32.2 Å². The second-order valence-corrected chi connectivity index (χ2v) is 16.2. The van der Waals surface area contributed by atoms with Gasteiger partial charge < -0.3 is 32.5 Å². The third-order valence-electron chi connectivity index (χ3n) is 11.5. The van der Waals surface area contributed by atoms with Crippen molar-refractivity contribution in [3.8, 4) is 0 Å². The van der Waals surface area contributed by atoms with Gasteiger partial charge in [-0.2, -0.15) is 0 Å². The Labute approximate surface area is 305 Å². The first-order chi connectivity index (χ1) is 24.1. The van der Waals surface area contributed by atoms with E-state index in [2.05, 4.69) is 123 Å². The minimum atomic E-state index is -0.342. The van der Waals surface area contributed by atoms with E-state index < -0.39 is 0 Å². The van der Waals surface area contributed by atoms with Crippen LogP contribution in [-0.2, 0) is 29.9 Å². The number of aromatic nitrogens is 4. The van der Waals surface area contributed by atoms with E-state index >= 15 is 0 Å². The number of hydrogen-bond donors (Lipinski definition) is 0. The van der Waals surface area contributed by atoms with Gasteiger partial charge >= 0.3 is 14.2 Å². The molecule has 8 rings (SSSR count). The van der Waals surface area contributed by atoms with Gasteiger partial charge in [-0.15, -0.1) is 0 Å². The van der Waals surface area contributed by atoms with Gasteiger partial charge in [0.25, 0.3) is 0 Å². The molecule has 3 saturated heterocycles. The number of rotatable bonds is 7. The van der Waals surface area contributed by atoms with Gasteiger partial charge in [0.1, 0.15) is 5.82 Å². The largest absolute Gasteiger partial charge is 0.494 e. The minimum Gasteiger partial charge on any atom is -0.399 e. The fourth-order valence-electron chi connectivity index (χ4n) is 6.82. The monoisotopic (exact) mass is 699 g/mol. The second-order valence-electron chi connectivity index (χ2n) is 16.2. The van der Waals surface area contributed by atoms with Crippen molar-refractivity contribution in [1.29, 1.82) is 0 Å². The van der Waals surface area contributed by atoms with Crippen LogP contribution < -0.4 is 10.9 Å². The molecule has 4 aromatic rings. The molecular formula is C39H59B2N5O5. The first-order valence-electron chi connectivity index (χ1n) is 19.1. The Morgan fingerprint density at radius 3 is 1.82 bits per heavy atom. The van der Waals surface area contributed by atoms with Crippen LogP contribution in [0.1, 0.15) is 100 Å². The first-order valence-corrected chi connectivity index (χ1v) is 19.1. The third-order valence-corrected chi connectivity index (χ3v) is 11.5. The molecule has 276 valence electrons. The summed E-state index contributed by atoms with van der Waals surface area (Å²) in [4.78, 5) is 11.8. The van der Waals surface area contributed by atoms with Crippen molar-refractivity contribution in [2.24, 2.45) is 0 Å². The molecule has 0 atom stereocenters. The zero-order valence-electron chi connectivity index (χ0n) is 32.9. The summed E-state index contributed by atoms with van der Waals surface area (Å²) < 4.78 is 34.7. The molecule has 10 nitrogen and oxygen atoms in total. The van der Waals surface area contributed by atoms with Crippen molar-refractivity contribution in [3.63, 3.8) is 0 Å². The number of hydrogen-bond acceptors (Lipinski definition) is 8. The number of morpholine rings is 1. The van der Waals surface area contributed by atoms with Crippen LogP contribution in [0, 0.1) is 6.92 Å². The van der Waals surface area contributed by atoms with Crippen LogP contribution in [0.15, 0.2) is 42.7 Å². The summed E-state index contributed by atoms with van der Waals surface area (Å²) in [5, 5.41) is 0. The highest BCUT2D eigenvalue weighted by molar-refractivity contribution is 6.62. The molecule has 0 bridgehead atoms. The van der Waals surface area contributed by atoms with E-state index in [-0.39, 0.29) is 36.6 Å². The molecule has 0 amide bonds. The van der Waals surface area contributed by atoms with Crippen LogP contribution >= 0.6 is 0 Å². The molecule has 2 aromatic heterocycles. The van der Waals surface area contributed by atoms with Gasteiger partial charge in [-0.3, -0.25) is 4.90 Å². The van der Waals surface area contributed by atoms with E-state index in [0.717, 1.165) is 79.1 Å². The molecular weight excluding hydrogens is 640 g/mol. The van der Waals surface area contributed by atoms with E-state index in [4.69, 9.17) is 23.4 Å². The van der Waals surface area contributed by atoms with Gasteiger partial charge in [0.15, 0.2) is 0 Å². The Morgan fingerprint density at radius 1 is 0.706 bits per heavy atom. The van der Waals surface area contributed by atoms with E-state index in [1.165, 1.54) is 18.4 Å². The molecule has 4 fully saturated rings. The number of benzene rings is 2. The third kappa shape index (κ3) is 7.82. The summed E-state index contributed by atoms with van der Waals surface area (Å²) >= 11 is 0. The summed E-state index contributed by atoms with van der Waals surface area (Å²) in [7, 11) is -0.650. The Bertz CT molecular complexity index is 1780. The highest BCUT2D eigenvalue weighted by Gasteiger charge is 2.52. The Hall–Kier alpha value is -2.73. The first kappa shape index (κ1) is 38.0. The fraction of sp³-hybridized carbons (Fsp3) is 0.641. The van der Waals surface area contributed by atoms with Crippen LogP contribution in [-0.4, -0.2) is 93.5 Å². The maximum absolute atomic E-state index is 6.17. The van der Waals surface area contributed by atoms with Gasteiger partial charge in [-0.1, -0.05) is 26.0 Å². The summed E-state index contributed by atoms with van der Waals surface area (Å²) in [5.74, 6) is 1.10. The SMILES string of the molecule is CC.CC1(C)OB(c2ccc3c(c2)ncn3CCCN2CCOCC2)OC1(C)C.Cc1nc2ccc(B3OC(C)(C)C(C)(C)O3)cc2n1C1CC1. The van der Waals surface area contributed by atoms with Crippen molar-refractivity contribution in [1.82, 2.24) is 24.0 Å². The number of imidazole rings is 2. The summed E-state index contributed by atoms with van der Waals surface area (Å²) in [5.41, 5.74) is 5.26. The predicted octanol–water partition coefficient (Wildman–Crippen LogP) is 6.06. The molecule has 0 unspecified atom stereocenters. The van der Waals surface area contributed by atoms with Crippen molar-refractivity contribution in [2.45, 2.75) is 130 Å².